The molecule has 0 aliphatic carbocycles. The quantitative estimate of drug-likeness (QED) is 0.465. The van der Waals surface area contributed by atoms with Gasteiger partial charge in [-0.3, -0.25) is 9.10 Å². The van der Waals surface area contributed by atoms with Gasteiger partial charge in [-0.2, -0.15) is 0 Å². The molecule has 0 unspecified atom stereocenters. The summed E-state index contributed by atoms with van der Waals surface area (Å²) in [4.78, 5) is 13.4. The van der Waals surface area contributed by atoms with Crippen molar-refractivity contribution < 1.29 is 13.2 Å². The van der Waals surface area contributed by atoms with Crippen LogP contribution in [0.4, 0.5) is 5.69 Å². The van der Waals surface area contributed by atoms with E-state index in [2.05, 4.69) is 5.32 Å². The molecule has 0 radical (unpaired) electrons. The molecule has 0 atom stereocenters. The number of carbonyl (C=O) groups excluding carboxylic acids is 1. The molecule has 27 heavy (non-hydrogen) atoms. The number of halogens is 2. The van der Waals surface area contributed by atoms with Crippen LogP contribution in [0.15, 0.2) is 53.4 Å². The Balaban J connectivity index is 1.88. The van der Waals surface area contributed by atoms with E-state index in [1.54, 1.807) is 17.8 Å². The van der Waals surface area contributed by atoms with E-state index in [4.69, 9.17) is 23.2 Å². The van der Waals surface area contributed by atoms with Crippen molar-refractivity contribution in [3.05, 3.63) is 58.6 Å². The Hall–Kier alpha value is -1.41. The SMILES string of the molecule is CS(=O)(=O)N(CC(=O)NCCCSc1ccccc1)c1cc(Cl)ccc1Cl. The third-order valence-corrected chi connectivity index (χ3v) is 6.30. The number of carbonyl (C=O) groups is 1. The lowest BCUT2D eigenvalue weighted by molar-refractivity contribution is -0.119. The van der Waals surface area contributed by atoms with Crippen LogP contribution in [0.2, 0.25) is 10.0 Å². The molecular weight excluding hydrogens is 427 g/mol. The second kappa shape index (κ2) is 10.2. The smallest absolute Gasteiger partial charge is 0.240 e. The summed E-state index contributed by atoms with van der Waals surface area (Å²) in [6, 6.07) is 14.5. The summed E-state index contributed by atoms with van der Waals surface area (Å²) in [5, 5.41) is 3.28. The maximum absolute atomic E-state index is 12.2. The van der Waals surface area contributed by atoms with E-state index in [1.807, 2.05) is 30.3 Å². The molecule has 2 aromatic carbocycles. The van der Waals surface area contributed by atoms with Gasteiger partial charge in [-0.05, 0) is 42.5 Å². The van der Waals surface area contributed by atoms with Crippen LogP contribution in [0.5, 0.6) is 0 Å². The van der Waals surface area contributed by atoms with Crippen LogP contribution < -0.4 is 9.62 Å². The van der Waals surface area contributed by atoms with Crippen molar-refractivity contribution in [1.82, 2.24) is 5.32 Å². The van der Waals surface area contributed by atoms with E-state index in [-0.39, 0.29) is 17.3 Å². The first-order valence-electron chi connectivity index (χ1n) is 8.14. The number of sulfonamides is 1. The molecule has 0 aliphatic rings. The van der Waals surface area contributed by atoms with Crippen LogP contribution in [0.1, 0.15) is 6.42 Å². The Kier molecular flexibility index (Phi) is 8.28. The van der Waals surface area contributed by atoms with Crippen molar-refractivity contribution in [2.75, 3.05) is 29.4 Å². The molecule has 5 nitrogen and oxygen atoms in total. The van der Waals surface area contributed by atoms with Gasteiger partial charge in [0.1, 0.15) is 6.54 Å². The molecule has 0 heterocycles. The molecule has 1 amide bonds. The standard InChI is InChI=1S/C18H20Cl2N2O3S2/c1-27(24,25)22(17-12-14(19)8-9-16(17)20)13-18(23)21-10-5-11-26-15-6-3-2-4-7-15/h2-4,6-9,12H,5,10-11,13H2,1H3,(H,21,23). The summed E-state index contributed by atoms with van der Waals surface area (Å²) in [7, 11) is -3.70. The first-order valence-corrected chi connectivity index (χ1v) is 11.7. The molecule has 0 spiro atoms. The molecule has 9 heteroatoms. The molecule has 1 N–H and O–H groups in total. The first kappa shape index (κ1) is 21.9. The summed E-state index contributed by atoms with van der Waals surface area (Å²) < 4.78 is 25.2. The van der Waals surface area contributed by atoms with E-state index in [9.17, 15) is 13.2 Å². The molecule has 2 rings (SSSR count). The zero-order valence-electron chi connectivity index (χ0n) is 14.7. The second-order valence-corrected chi connectivity index (χ2v) is 9.65. The lowest BCUT2D eigenvalue weighted by Crippen LogP contribution is -2.40. The fourth-order valence-corrected chi connectivity index (χ4v) is 4.42. The maximum atomic E-state index is 12.2. The Morgan fingerprint density at radius 3 is 2.52 bits per heavy atom. The highest BCUT2D eigenvalue weighted by Crippen LogP contribution is 2.30. The highest BCUT2D eigenvalue weighted by atomic mass is 35.5. The van der Waals surface area contributed by atoms with Crippen LogP contribution in [0.3, 0.4) is 0 Å². The number of nitrogens with one attached hydrogen (secondary N) is 1. The fraction of sp³-hybridized carbons (Fsp3) is 0.278. The van der Waals surface area contributed by atoms with E-state index >= 15 is 0 Å². The third kappa shape index (κ3) is 7.25. The summed E-state index contributed by atoms with van der Waals surface area (Å²) >= 11 is 13.7. The molecule has 0 bridgehead atoms. The van der Waals surface area contributed by atoms with Crippen molar-refractivity contribution in [2.24, 2.45) is 0 Å². The highest BCUT2D eigenvalue weighted by Gasteiger charge is 2.23. The van der Waals surface area contributed by atoms with Crippen molar-refractivity contribution >= 4 is 56.6 Å². The van der Waals surface area contributed by atoms with Crippen LogP contribution in [-0.4, -0.2) is 39.4 Å². The number of hydrogen-bond donors (Lipinski definition) is 1. The van der Waals surface area contributed by atoms with Gasteiger partial charge in [0, 0.05) is 16.5 Å². The van der Waals surface area contributed by atoms with Crippen molar-refractivity contribution in [3.8, 4) is 0 Å². The number of thioether (sulfide) groups is 1. The van der Waals surface area contributed by atoms with Crippen molar-refractivity contribution in [2.45, 2.75) is 11.3 Å². The molecule has 0 aliphatic heterocycles. The number of anilines is 1. The Morgan fingerprint density at radius 1 is 1.15 bits per heavy atom. The topological polar surface area (TPSA) is 66.5 Å². The molecular formula is C18H20Cl2N2O3S2. The molecule has 2 aromatic rings. The molecule has 0 aromatic heterocycles. The monoisotopic (exact) mass is 446 g/mol. The third-order valence-electron chi connectivity index (χ3n) is 3.52. The number of benzene rings is 2. The molecule has 0 saturated carbocycles. The zero-order valence-corrected chi connectivity index (χ0v) is 17.8. The van der Waals surface area contributed by atoms with Gasteiger partial charge >= 0.3 is 0 Å². The minimum Gasteiger partial charge on any atom is -0.354 e. The maximum Gasteiger partial charge on any atom is 0.240 e. The van der Waals surface area contributed by atoms with E-state index in [0.29, 0.717) is 11.6 Å². The minimum absolute atomic E-state index is 0.182. The lowest BCUT2D eigenvalue weighted by Gasteiger charge is -2.23. The largest absolute Gasteiger partial charge is 0.354 e. The summed E-state index contributed by atoms with van der Waals surface area (Å²) in [5.41, 5.74) is 0.182. The second-order valence-electron chi connectivity index (χ2n) is 5.73. The lowest BCUT2D eigenvalue weighted by atomic mass is 10.3. The van der Waals surface area contributed by atoms with Crippen molar-refractivity contribution in [3.63, 3.8) is 0 Å². The van der Waals surface area contributed by atoms with Crippen LogP contribution in [0, 0.1) is 0 Å². The van der Waals surface area contributed by atoms with Gasteiger partial charge in [0.15, 0.2) is 0 Å². The van der Waals surface area contributed by atoms with E-state index < -0.39 is 15.9 Å². The number of rotatable bonds is 9. The van der Waals surface area contributed by atoms with Gasteiger partial charge in [-0.15, -0.1) is 11.8 Å². The number of nitrogens with zero attached hydrogens (tertiary/aromatic N) is 1. The van der Waals surface area contributed by atoms with E-state index in [1.165, 1.54) is 17.0 Å². The fourth-order valence-electron chi connectivity index (χ4n) is 2.25. The van der Waals surface area contributed by atoms with Gasteiger partial charge in [-0.25, -0.2) is 8.42 Å². The summed E-state index contributed by atoms with van der Waals surface area (Å²) in [5.74, 6) is 0.446. The minimum atomic E-state index is -3.70. The average Bonchev–Trinajstić information content (AvgIpc) is 2.61. The van der Waals surface area contributed by atoms with E-state index in [0.717, 1.165) is 22.7 Å². The molecule has 0 saturated heterocycles. The molecule has 146 valence electrons. The Labute approximate surface area is 174 Å². The highest BCUT2D eigenvalue weighted by molar-refractivity contribution is 7.99. The number of amides is 1. The number of hydrogen-bond acceptors (Lipinski definition) is 4. The van der Waals surface area contributed by atoms with Crippen molar-refractivity contribution in [1.29, 1.82) is 0 Å². The predicted molar refractivity (Wildman–Crippen MR) is 113 cm³/mol. The summed E-state index contributed by atoms with van der Waals surface area (Å²) in [6.45, 7) is 0.101. The average molecular weight is 447 g/mol. The van der Waals surface area contributed by atoms with Crippen LogP contribution in [-0.2, 0) is 14.8 Å². The Bertz CT molecular complexity index is 877. The van der Waals surface area contributed by atoms with Crippen LogP contribution >= 0.6 is 35.0 Å². The van der Waals surface area contributed by atoms with Crippen LogP contribution in [0.25, 0.3) is 0 Å². The van der Waals surface area contributed by atoms with Gasteiger partial charge in [0.2, 0.25) is 15.9 Å². The first-order chi connectivity index (χ1) is 12.8. The molecule has 0 fully saturated rings. The Morgan fingerprint density at radius 2 is 1.85 bits per heavy atom. The summed E-state index contributed by atoms with van der Waals surface area (Å²) in [6.07, 6.45) is 1.79. The van der Waals surface area contributed by atoms with Gasteiger partial charge in [0.25, 0.3) is 0 Å². The normalized spacial score (nSPS) is 11.2. The predicted octanol–water partition coefficient (Wildman–Crippen LogP) is 4.06. The van der Waals surface area contributed by atoms with Gasteiger partial charge < -0.3 is 5.32 Å². The van der Waals surface area contributed by atoms with Gasteiger partial charge in [-0.1, -0.05) is 41.4 Å². The zero-order chi connectivity index (χ0) is 19.9. The van der Waals surface area contributed by atoms with Gasteiger partial charge in [0.05, 0.1) is 17.0 Å².